The normalized spacial score (nSPS) is 21.6. The molecule has 1 aromatic heterocycles. The van der Waals surface area contributed by atoms with Gasteiger partial charge in [-0.25, -0.2) is 10.4 Å². The standard InChI is InChI=1S/C22H29F3N6O5/c1-34-13-16(36-17-12-28-29-21(33)20(17)22(23,24)25)14-35-9-4-19(32)31-7-5-30(6-8-31)18-3-2-15(10-26)11-27-18/h2-3,11,16-17,20,28H,4-9,12-14H2,1H3,(H,29,33)/t16-,17?,20?/m0/s1. The van der Waals surface area contributed by atoms with Gasteiger partial charge in [0.25, 0.3) is 0 Å². The average Bonchev–Trinajstić information content (AvgIpc) is 2.86. The van der Waals surface area contributed by atoms with Crippen molar-refractivity contribution in [3.63, 3.8) is 0 Å². The van der Waals surface area contributed by atoms with Crippen LogP contribution in [0.3, 0.4) is 0 Å². The number of carbonyl (C=O) groups excluding carboxylic acids is 2. The highest BCUT2D eigenvalue weighted by Crippen LogP contribution is 2.32. The maximum Gasteiger partial charge on any atom is 0.403 e. The number of methoxy groups -OCH3 is 1. The Labute approximate surface area is 206 Å². The molecule has 0 bridgehead atoms. The molecule has 14 heteroatoms. The molecule has 3 atom stereocenters. The van der Waals surface area contributed by atoms with E-state index in [9.17, 15) is 22.8 Å². The minimum atomic E-state index is -4.76. The fraction of sp³-hybridized carbons (Fsp3) is 0.636. The lowest BCUT2D eigenvalue weighted by atomic mass is 9.99. The van der Waals surface area contributed by atoms with Crippen LogP contribution in [-0.2, 0) is 23.8 Å². The van der Waals surface area contributed by atoms with Crippen LogP contribution < -0.4 is 15.8 Å². The third-order valence-electron chi connectivity index (χ3n) is 5.84. The van der Waals surface area contributed by atoms with Crippen molar-refractivity contribution in [1.82, 2.24) is 20.7 Å². The smallest absolute Gasteiger partial charge is 0.382 e. The number of carbonyl (C=O) groups is 2. The molecular weight excluding hydrogens is 485 g/mol. The van der Waals surface area contributed by atoms with E-state index in [0.29, 0.717) is 31.7 Å². The molecule has 3 rings (SSSR count). The Hall–Kier alpha value is -2.99. The van der Waals surface area contributed by atoms with Crippen LogP contribution in [0.25, 0.3) is 0 Å². The molecular formula is C22H29F3N6O5. The van der Waals surface area contributed by atoms with Crippen LogP contribution in [0.15, 0.2) is 18.3 Å². The summed E-state index contributed by atoms with van der Waals surface area (Å²) < 4.78 is 56.0. The van der Waals surface area contributed by atoms with Gasteiger partial charge in [0.1, 0.15) is 18.0 Å². The second kappa shape index (κ2) is 12.8. The van der Waals surface area contributed by atoms with Crippen molar-refractivity contribution < 1.29 is 37.0 Å². The first-order valence-electron chi connectivity index (χ1n) is 11.4. The molecule has 11 nitrogen and oxygen atoms in total. The van der Waals surface area contributed by atoms with E-state index in [-0.39, 0.29) is 38.7 Å². The Bertz CT molecular complexity index is 918. The van der Waals surface area contributed by atoms with E-state index in [2.05, 4.69) is 10.4 Å². The number of ether oxygens (including phenoxy) is 3. The summed E-state index contributed by atoms with van der Waals surface area (Å²) in [6.07, 6.45) is -5.44. The Morgan fingerprint density at radius 1 is 1.28 bits per heavy atom. The van der Waals surface area contributed by atoms with Gasteiger partial charge < -0.3 is 24.0 Å². The van der Waals surface area contributed by atoms with E-state index >= 15 is 0 Å². The van der Waals surface area contributed by atoms with Gasteiger partial charge in [0, 0.05) is 46.0 Å². The minimum absolute atomic E-state index is 0.0397. The number of anilines is 1. The van der Waals surface area contributed by atoms with Crippen LogP contribution in [0.4, 0.5) is 19.0 Å². The molecule has 0 aromatic carbocycles. The predicted octanol–water partition coefficient (Wildman–Crippen LogP) is 0.222. The summed E-state index contributed by atoms with van der Waals surface area (Å²) in [6, 6.07) is 5.49. The molecule has 0 radical (unpaired) electrons. The van der Waals surface area contributed by atoms with Gasteiger partial charge in [-0.3, -0.25) is 15.0 Å². The van der Waals surface area contributed by atoms with E-state index in [1.54, 1.807) is 17.0 Å². The maximum atomic E-state index is 13.3. The van der Waals surface area contributed by atoms with Gasteiger partial charge in [-0.05, 0) is 12.1 Å². The molecule has 2 saturated heterocycles. The van der Waals surface area contributed by atoms with Crippen molar-refractivity contribution in [2.75, 3.05) is 64.6 Å². The van der Waals surface area contributed by atoms with Crippen molar-refractivity contribution in [3.8, 4) is 6.07 Å². The number of alkyl halides is 3. The van der Waals surface area contributed by atoms with E-state index in [1.807, 2.05) is 16.4 Å². The number of amides is 2. The van der Waals surface area contributed by atoms with Crippen molar-refractivity contribution in [2.45, 2.75) is 24.8 Å². The van der Waals surface area contributed by atoms with Crippen molar-refractivity contribution in [1.29, 1.82) is 5.26 Å². The zero-order valence-corrected chi connectivity index (χ0v) is 19.8. The number of nitrogens with one attached hydrogen (secondary N) is 2. The quantitative estimate of drug-likeness (QED) is 0.422. The summed E-state index contributed by atoms with van der Waals surface area (Å²) in [7, 11) is 1.38. The van der Waals surface area contributed by atoms with Gasteiger partial charge in [0.05, 0.1) is 37.9 Å². The Morgan fingerprint density at radius 2 is 2.03 bits per heavy atom. The lowest BCUT2D eigenvalue weighted by Crippen LogP contribution is -2.61. The van der Waals surface area contributed by atoms with Gasteiger partial charge in [-0.2, -0.15) is 18.4 Å². The summed E-state index contributed by atoms with van der Waals surface area (Å²) >= 11 is 0. The van der Waals surface area contributed by atoms with E-state index in [0.717, 1.165) is 5.82 Å². The van der Waals surface area contributed by atoms with Crippen LogP contribution in [0.2, 0.25) is 0 Å². The fourth-order valence-electron chi connectivity index (χ4n) is 4.01. The van der Waals surface area contributed by atoms with Crippen LogP contribution in [0.5, 0.6) is 0 Å². The second-order valence-corrected chi connectivity index (χ2v) is 8.35. The summed E-state index contributed by atoms with van der Waals surface area (Å²) in [5, 5.41) is 8.87. The molecule has 2 amide bonds. The third-order valence-corrected chi connectivity index (χ3v) is 5.84. The summed E-state index contributed by atoms with van der Waals surface area (Å²) in [5.41, 5.74) is 4.85. The van der Waals surface area contributed by atoms with Crippen LogP contribution >= 0.6 is 0 Å². The Morgan fingerprint density at radius 3 is 2.64 bits per heavy atom. The highest BCUT2D eigenvalue weighted by atomic mass is 19.4. The third kappa shape index (κ3) is 7.50. The molecule has 1 aromatic rings. The van der Waals surface area contributed by atoms with Crippen molar-refractivity contribution in [2.24, 2.45) is 5.92 Å². The van der Waals surface area contributed by atoms with Crippen molar-refractivity contribution in [3.05, 3.63) is 23.9 Å². The van der Waals surface area contributed by atoms with Crippen LogP contribution in [0.1, 0.15) is 12.0 Å². The number of aromatic nitrogens is 1. The molecule has 0 aliphatic carbocycles. The molecule has 3 heterocycles. The fourth-order valence-corrected chi connectivity index (χ4v) is 4.01. The Balaban J connectivity index is 1.41. The molecule has 2 aliphatic rings. The van der Waals surface area contributed by atoms with E-state index in [1.165, 1.54) is 13.3 Å². The SMILES string of the molecule is COC[C@@H](COCCC(=O)N1CCN(c2ccc(C#N)cn2)CC1)OC1CNNC(=O)C1C(F)(F)F. The van der Waals surface area contributed by atoms with Crippen LogP contribution in [0, 0.1) is 17.2 Å². The number of rotatable bonds is 10. The van der Waals surface area contributed by atoms with Gasteiger partial charge >= 0.3 is 6.18 Å². The molecule has 0 saturated carbocycles. The number of halogens is 3. The van der Waals surface area contributed by atoms with Crippen LogP contribution in [-0.4, -0.2) is 99.7 Å². The number of hydrogen-bond donors (Lipinski definition) is 2. The minimum Gasteiger partial charge on any atom is -0.382 e. The number of pyridine rings is 1. The summed E-state index contributed by atoms with van der Waals surface area (Å²) in [4.78, 5) is 32.3. The number of hydrogen-bond acceptors (Lipinski definition) is 9. The molecule has 2 aliphatic heterocycles. The molecule has 36 heavy (non-hydrogen) atoms. The average molecular weight is 515 g/mol. The highest BCUT2D eigenvalue weighted by Gasteiger charge is 2.52. The zero-order valence-electron chi connectivity index (χ0n) is 19.8. The first-order chi connectivity index (χ1) is 17.2. The zero-order chi connectivity index (χ0) is 26.1. The van der Waals surface area contributed by atoms with Gasteiger partial charge in [0.15, 0.2) is 5.92 Å². The largest absolute Gasteiger partial charge is 0.403 e. The number of hydrazine groups is 1. The number of nitriles is 1. The predicted molar refractivity (Wildman–Crippen MR) is 119 cm³/mol. The molecule has 198 valence electrons. The first kappa shape index (κ1) is 27.6. The number of piperazine rings is 1. The highest BCUT2D eigenvalue weighted by molar-refractivity contribution is 5.80. The lowest BCUT2D eigenvalue weighted by molar-refractivity contribution is -0.223. The topological polar surface area (TPSA) is 129 Å². The van der Waals surface area contributed by atoms with Crippen molar-refractivity contribution >= 4 is 17.6 Å². The summed E-state index contributed by atoms with van der Waals surface area (Å²) in [6.45, 7) is 1.91. The van der Waals surface area contributed by atoms with Gasteiger partial charge in [-0.1, -0.05) is 0 Å². The van der Waals surface area contributed by atoms with E-state index < -0.39 is 30.2 Å². The van der Waals surface area contributed by atoms with Gasteiger partial charge in [0.2, 0.25) is 11.8 Å². The number of nitrogens with zero attached hydrogens (tertiary/aromatic N) is 4. The summed E-state index contributed by atoms with van der Waals surface area (Å²) in [5.74, 6) is -2.88. The lowest BCUT2D eigenvalue weighted by Gasteiger charge is -2.35. The molecule has 2 unspecified atom stereocenters. The molecule has 2 N–H and O–H groups in total. The maximum absolute atomic E-state index is 13.3. The second-order valence-electron chi connectivity index (χ2n) is 8.35. The first-order valence-corrected chi connectivity index (χ1v) is 11.4. The van der Waals surface area contributed by atoms with E-state index in [4.69, 9.17) is 19.5 Å². The monoisotopic (exact) mass is 514 g/mol. The molecule has 2 fully saturated rings. The van der Waals surface area contributed by atoms with Gasteiger partial charge in [-0.15, -0.1) is 0 Å². The Kier molecular flexibility index (Phi) is 9.82. The molecule has 0 spiro atoms.